The summed E-state index contributed by atoms with van der Waals surface area (Å²) in [5, 5.41) is 2.74. The fourth-order valence-corrected chi connectivity index (χ4v) is 1.54. The third-order valence-corrected chi connectivity index (χ3v) is 3.36. The topological polar surface area (TPSA) is 68.0 Å². The quantitative estimate of drug-likeness (QED) is 0.803. The number of aromatic nitrogens is 1. The zero-order chi connectivity index (χ0) is 13.1. The van der Waals surface area contributed by atoms with Crippen molar-refractivity contribution in [2.24, 2.45) is 11.1 Å². The SMILES string of the molecule is CCC(C)(C(=O)Nc1cc(C)ccn1)C(N)=S. The molecule has 0 radical (unpaired) electrons. The number of pyridine rings is 1. The molecule has 3 N–H and O–H groups in total. The summed E-state index contributed by atoms with van der Waals surface area (Å²) in [6.45, 7) is 5.55. The minimum absolute atomic E-state index is 0.199. The van der Waals surface area contributed by atoms with E-state index in [0.717, 1.165) is 5.56 Å². The van der Waals surface area contributed by atoms with Crippen molar-refractivity contribution >= 4 is 28.9 Å². The number of aryl methyl sites for hydroxylation is 1. The van der Waals surface area contributed by atoms with Gasteiger partial charge in [-0.15, -0.1) is 0 Å². The summed E-state index contributed by atoms with van der Waals surface area (Å²) in [5.74, 6) is 0.302. The van der Waals surface area contributed by atoms with E-state index >= 15 is 0 Å². The molecule has 17 heavy (non-hydrogen) atoms. The van der Waals surface area contributed by atoms with Crippen LogP contribution in [0, 0.1) is 12.3 Å². The van der Waals surface area contributed by atoms with Crippen LogP contribution in [0.25, 0.3) is 0 Å². The number of amides is 1. The number of nitrogens with two attached hydrogens (primary N) is 1. The van der Waals surface area contributed by atoms with Crippen LogP contribution < -0.4 is 11.1 Å². The molecule has 0 spiro atoms. The van der Waals surface area contributed by atoms with Crippen molar-refractivity contribution in [2.45, 2.75) is 27.2 Å². The lowest BCUT2D eigenvalue weighted by Gasteiger charge is -2.25. The number of hydrogen-bond donors (Lipinski definition) is 2. The highest BCUT2D eigenvalue weighted by molar-refractivity contribution is 7.80. The number of nitrogens with zero attached hydrogens (tertiary/aromatic N) is 1. The van der Waals surface area contributed by atoms with Crippen molar-refractivity contribution in [3.63, 3.8) is 0 Å². The molecule has 1 unspecified atom stereocenters. The van der Waals surface area contributed by atoms with E-state index in [1.54, 1.807) is 19.2 Å². The fraction of sp³-hybridized carbons (Fsp3) is 0.417. The average Bonchev–Trinajstić information content (AvgIpc) is 2.27. The minimum atomic E-state index is -0.833. The van der Waals surface area contributed by atoms with E-state index in [1.165, 1.54) is 0 Å². The summed E-state index contributed by atoms with van der Waals surface area (Å²) in [6.07, 6.45) is 2.20. The second-order valence-corrected chi connectivity index (χ2v) is 4.66. The van der Waals surface area contributed by atoms with E-state index in [4.69, 9.17) is 18.0 Å². The molecule has 0 saturated heterocycles. The average molecular weight is 251 g/mol. The maximum Gasteiger partial charge on any atom is 0.238 e. The monoisotopic (exact) mass is 251 g/mol. The predicted octanol–water partition coefficient (Wildman–Crippen LogP) is 2.03. The van der Waals surface area contributed by atoms with Gasteiger partial charge in [0.1, 0.15) is 5.82 Å². The Labute approximate surface area is 107 Å². The molecule has 0 saturated carbocycles. The third-order valence-electron chi connectivity index (χ3n) is 2.91. The number of nitrogens with one attached hydrogen (secondary N) is 1. The first kappa shape index (κ1) is 13.6. The van der Waals surface area contributed by atoms with Gasteiger partial charge in [-0.05, 0) is 38.0 Å². The van der Waals surface area contributed by atoms with Crippen molar-refractivity contribution in [3.8, 4) is 0 Å². The normalized spacial score (nSPS) is 13.8. The van der Waals surface area contributed by atoms with Gasteiger partial charge in [0.15, 0.2) is 0 Å². The highest BCUT2D eigenvalue weighted by atomic mass is 32.1. The van der Waals surface area contributed by atoms with Gasteiger partial charge < -0.3 is 11.1 Å². The van der Waals surface area contributed by atoms with E-state index in [1.807, 2.05) is 19.9 Å². The summed E-state index contributed by atoms with van der Waals surface area (Å²) in [5.41, 5.74) is 5.81. The van der Waals surface area contributed by atoms with Gasteiger partial charge in [-0.3, -0.25) is 4.79 Å². The summed E-state index contributed by atoms with van der Waals surface area (Å²) in [4.78, 5) is 16.4. The van der Waals surface area contributed by atoms with Crippen LogP contribution >= 0.6 is 12.2 Å². The molecule has 92 valence electrons. The molecule has 1 rings (SSSR count). The Hall–Kier alpha value is -1.49. The maximum absolute atomic E-state index is 12.1. The van der Waals surface area contributed by atoms with Crippen LogP contribution in [0.5, 0.6) is 0 Å². The van der Waals surface area contributed by atoms with Crippen LogP contribution in [0.2, 0.25) is 0 Å². The molecule has 0 aromatic carbocycles. The Morgan fingerprint density at radius 3 is 2.76 bits per heavy atom. The summed E-state index contributed by atoms with van der Waals surface area (Å²) in [7, 11) is 0. The number of rotatable bonds is 4. The highest BCUT2D eigenvalue weighted by Crippen LogP contribution is 2.23. The molecule has 5 heteroatoms. The Morgan fingerprint density at radius 1 is 1.65 bits per heavy atom. The van der Waals surface area contributed by atoms with Crippen LogP contribution in [0.3, 0.4) is 0 Å². The largest absolute Gasteiger partial charge is 0.392 e. The van der Waals surface area contributed by atoms with E-state index < -0.39 is 5.41 Å². The summed E-state index contributed by atoms with van der Waals surface area (Å²) >= 11 is 4.94. The number of carbonyl (C=O) groups is 1. The van der Waals surface area contributed by atoms with E-state index in [9.17, 15) is 4.79 Å². The van der Waals surface area contributed by atoms with Gasteiger partial charge in [0, 0.05) is 6.20 Å². The second-order valence-electron chi connectivity index (χ2n) is 4.22. The van der Waals surface area contributed by atoms with Crippen molar-refractivity contribution in [2.75, 3.05) is 5.32 Å². The van der Waals surface area contributed by atoms with Crippen molar-refractivity contribution in [3.05, 3.63) is 23.9 Å². The van der Waals surface area contributed by atoms with Crippen LogP contribution in [0.1, 0.15) is 25.8 Å². The Kier molecular flexibility index (Phi) is 4.17. The molecule has 1 aromatic rings. The fourth-order valence-electron chi connectivity index (χ4n) is 1.31. The Morgan fingerprint density at radius 2 is 2.29 bits per heavy atom. The first-order valence-electron chi connectivity index (χ1n) is 5.44. The van der Waals surface area contributed by atoms with Gasteiger partial charge in [-0.2, -0.15) is 0 Å². The van der Waals surface area contributed by atoms with Gasteiger partial charge in [-0.25, -0.2) is 4.98 Å². The molecule has 1 aromatic heterocycles. The van der Waals surface area contributed by atoms with Crippen molar-refractivity contribution in [1.82, 2.24) is 4.98 Å². The third kappa shape index (κ3) is 3.00. The van der Waals surface area contributed by atoms with Crippen LogP contribution in [0.4, 0.5) is 5.82 Å². The van der Waals surface area contributed by atoms with Gasteiger partial charge in [0.25, 0.3) is 0 Å². The molecule has 1 atom stereocenters. The van der Waals surface area contributed by atoms with Crippen molar-refractivity contribution in [1.29, 1.82) is 0 Å². The smallest absolute Gasteiger partial charge is 0.238 e. The lowest BCUT2D eigenvalue weighted by molar-refractivity contribution is -0.121. The molecule has 0 fully saturated rings. The molecule has 1 heterocycles. The zero-order valence-corrected chi connectivity index (χ0v) is 11.1. The maximum atomic E-state index is 12.1. The molecular formula is C12H17N3OS. The van der Waals surface area contributed by atoms with Gasteiger partial charge in [0.05, 0.1) is 10.4 Å². The summed E-state index contributed by atoms with van der Waals surface area (Å²) < 4.78 is 0. The molecule has 0 bridgehead atoms. The number of thiocarbonyl (C=S) groups is 1. The number of anilines is 1. The van der Waals surface area contributed by atoms with E-state index in [0.29, 0.717) is 12.2 Å². The van der Waals surface area contributed by atoms with Crippen LogP contribution in [-0.2, 0) is 4.79 Å². The lowest BCUT2D eigenvalue weighted by atomic mass is 9.86. The molecule has 0 aliphatic carbocycles. The van der Waals surface area contributed by atoms with E-state index in [2.05, 4.69) is 10.3 Å². The van der Waals surface area contributed by atoms with E-state index in [-0.39, 0.29) is 10.9 Å². The van der Waals surface area contributed by atoms with Gasteiger partial charge >= 0.3 is 0 Å². The number of hydrogen-bond acceptors (Lipinski definition) is 3. The molecular weight excluding hydrogens is 234 g/mol. The molecule has 4 nitrogen and oxygen atoms in total. The molecule has 0 aliphatic heterocycles. The predicted molar refractivity (Wildman–Crippen MR) is 72.8 cm³/mol. The molecule has 0 aliphatic rings. The lowest BCUT2D eigenvalue weighted by Crippen LogP contribution is -2.43. The van der Waals surface area contributed by atoms with Gasteiger partial charge in [-0.1, -0.05) is 19.1 Å². The Balaban J connectivity index is 2.89. The molecule has 1 amide bonds. The first-order valence-corrected chi connectivity index (χ1v) is 5.85. The number of carbonyl (C=O) groups excluding carboxylic acids is 1. The Bertz CT molecular complexity index is 447. The zero-order valence-electron chi connectivity index (χ0n) is 10.3. The minimum Gasteiger partial charge on any atom is -0.392 e. The first-order chi connectivity index (χ1) is 7.90. The van der Waals surface area contributed by atoms with Crippen molar-refractivity contribution < 1.29 is 4.79 Å². The van der Waals surface area contributed by atoms with Gasteiger partial charge in [0.2, 0.25) is 5.91 Å². The highest BCUT2D eigenvalue weighted by Gasteiger charge is 2.34. The van der Waals surface area contributed by atoms with Crippen LogP contribution in [-0.4, -0.2) is 15.9 Å². The van der Waals surface area contributed by atoms with Crippen LogP contribution in [0.15, 0.2) is 18.3 Å². The standard InChI is InChI=1S/C12H17N3OS/c1-4-12(3,10(13)17)11(16)15-9-7-8(2)5-6-14-9/h5-7H,4H2,1-3H3,(H2,13,17)(H,14,15,16). The second kappa shape index (κ2) is 5.23. The summed E-state index contributed by atoms with van der Waals surface area (Å²) in [6, 6.07) is 3.66.